The number of aliphatic hydroxyl groups is 1. The number of carbonyl (C=O) groups is 3. The summed E-state index contributed by atoms with van der Waals surface area (Å²) >= 11 is 6.61. The van der Waals surface area contributed by atoms with Crippen molar-refractivity contribution in [3.05, 3.63) is 35.5 Å². The van der Waals surface area contributed by atoms with E-state index < -0.39 is 53.1 Å². The van der Waals surface area contributed by atoms with Gasteiger partial charge in [-0.15, -0.1) is 11.6 Å². The molecule has 1 saturated carbocycles. The van der Waals surface area contributed by atoms with E-state index in [1.54, 1.807) is 39.8 Å². The van der Waals surface area contributed by atoms with E-state index in [0.717, 1.165) is 0 Å². The van der Waals surface area contributed by atoms with E-state index in [-0.39, 0.29) is 18.1 Å². The highest BCUT2D eigenvalue weighted by atomic mass is 35.5. The molecule has 8 nitrogen and oxygen atoms in total. The summed E-state index contributed by atoms with van der Waals surface area (Å²) in [7, 11) is 0. The lowest BCUT2D eigenvalue weighted by molar-refractivity contribution is -0.202. The van der Waals surface area contributed by atoms with Gasteiger partial charge in [0.1, 0.15) is 17.8 Å². The molecule has 0 radical (unpaired) electrons. The standard InChI is InChI=1S/C27H39ClO8/c1-10-14(3)24(30)34-19(13-21-26(7,8)36-21)16(5)18-12-20(28)27(9,32)23(22(18)33-17(6)29)35-25(31)15(4)11-2/h10-11,18-23,32H,5,12-13H2,1-4,6-9H3/b14-10-,15-11-/t18-,19+,20+,21+,22+,23+,27-/m1/s1. The molecule has 0 aromatic carbocycles. The summed E-state index contributed by atoms with van der Waals surface area (Å²) in [5.41, 5.74) is -0.896. The van der Waals surface area contributed by atoms with Gasteiger partial charge in [0, 0.05) is 30.4 Å². The van der Waals surface area contributed by atoms with Crippen LogP contribution in [0.2, 0.25) is 0 Å². The monoisotopic (exact) mass is 526 g/mol. The smallest absolute Gasteiger partial charge is 0.333 e. The molecule has 2 rings (SSSR count). The number of alkyl halides is 1. The first-order valence-corrected chi connectivity index (χ1v) is 12.6. The Morgan fingerprint density at radius 1 is 1.08 bits per heavy atom. The van der Waals surface area contributed by atoms with Crippen molar-refractivity contribution in [2.75, 3.05) is 0 Å². The van der Waals surface area contributed by atoms with Gasteiger partial charge in [-0.1, -0.05) is 18.7 Å². The van der Waals surface area contributed by atoms with E-state index in [1.807, 2.05) is 13.8 Å². The minimum Gasteiger partial charge on any atom is -0.458 e. The van der Waals surface area contributed by atoms with Gasteiger partial charge in [0.25, 0.3) is 0 Å². The second-order valence-corrected chi connectivity index (χ2v) is 10.8. The van der Waals surface area contributed by atoms with Crippen LogP contribution in [0.25, 0.3) is 0 Å². The van der Waals surface area contributed by atoms with Crippen LogP contribution in [0, 0.1) is 5.92 Å². The molecule has 7 atom stereocenters. The van der Waals surface area contributed by atoms with E-state index >= 15 is 0 Å². The van der Waals surface area contributed by atoms with Gasteiger partial charge >= 0.3 is 17.9 Å². The zero-order valence-corrected chi connectivity index (χ0v) is 23.2. The van der Waals surface area contributed by atoms with Crippen molar-refractivity contribution in [1.82, 2.24) is 0 Å². The van der Waals surface area contributed by atoms with Gasteiger partial charge in [-0.05, 0) is 60.5 Å². The Kier molecular flexibility index (Phi) is 9.59. The number of hydrogen-bond acceptors (Lipinski definition) is 8. The Morgan fingerprint density at radius 3 is 2.08 bits per heavy atom. The Labute approximate surface area is 218 Å². The molecule has 0 bridgehead atoms. The van der Waals surface area contributed by atoms with Gasteiger partial charge in [0.15, 0.2) is 6.10 Å². The fraction of sp³-hybridized carbons (Fsp3) is 0.667. The molecule has 1 N–H and O–H groups in total. The summed E-state index contributed by atoms with van der Waals surface area (Å²) in [6.45, 7) is 17.4. The van der Waals surface area contributed by atoms with Crippen LogP contribution < -0.4 is 0 Å². The van der Waals surface area contributed by atoms with E-state index in [1.165, 1.54) is 13.8 Å². The first-order valence-electron chi connectivity index (χ1n) is 12.1. The second kappa shape index (κ2) is 11.5. The Bertz CT molecular complexity index is 947. The fourth-order valence-electron chi connectivity index (χ4n) is 4.24. The van der Waals surface area contributed by atoms with Crippen molar-refractivity contribution in [3.63, 3.8) is 0 Å². The Morgan fingerprint density at radius 2 is 1.61 bits per heavy atom. The predicted molar refractivity (Wildman–Crippen MR) is 135 cm³/mol. The molecule has 2 aliphatic rings. The molecule has 9 heteroatoms. The number of allylic oxidation sites excluding steroid dienone is 2. The average molecular weight is 527 g/mol. The number of esters is 3. The Balaban J connectivity index is 2.47. The van der Waals surface area contributed by atoms with Gasteiger partial charge in [-0.25, -0.2) is 9.59 Å². The van der Waals surface area contributed by atoms with Crippen molar-refractivity contribution >= 4 is 29.5 Å². The maximum atomic E-state index is 12.7. The average Bonchev–Trinajstić information content (AvgIpc) is 3.41. The number of epoxide rings is 1. The molecular formula is C27H39ClO8. The fourth-order valence-corrected chi connectivity index (χ4v) is 4.56. The molecule has 2 fully saturated rings. The lowest BCUT2D eigenvalue weighted by atomic mass is 9.71. The molecule has 0 aromatic heterocycles. The van der Waals surface area contributed by atoms with Gasteiger partial charge in [0.2, 0.25) is 0 Å². The van der Waals surface area contributed by atoms with Gasteiger partial charge < -0.3 is 24.1 Å². The van der Waals surface area contributed by atoms with Gasteiger partial charge in [-0.2, -0.15) is 0 Å². The highest BCUT2D eigenvalue weighted by molar-refractivity contribution is 6.21. The molecule has 1 heterocycles. The molecule has 0 amide bonds. The molecular weight excluding hydrogens is 488 g/mol. The van der Waals surface area contributed by atoms with Crippen molar-refractivity contribution < 1.29 is 38.4 Å². The molecule has 0 spiro atoms. The maximum absolute atomic E-state index is 12.7. The lowest BCUT2D eigenvalue weighted by Crippen LogP contribution is -2.63. The topological polar surface area (TPSA) is 112 Å². The largest absolute Gasteiger partial charge is 0.458 e. The van der Waals surface area contributed by atoms with E-state index in [4.69, 9.17) is 30.5 Å². The van der Waals surface area contributed by atoms with Crippen LogP contribution in [0.15, 0.2) is 35.5 Å². The van der Waals surface area contributed by atoms with E-state index in [2.05, 4.69) is 6.58 Å². The third-order valence-corrected chi connectivity index (χ3v) is 7.76. The quantitative estimate of drug-likeness (QED) is 0.119. The summed E-state index contributed by atoms with van der Waals surface area (Å²) < 4.78 is 22.8. The molecule has 1 aliphatic carbocycles. The second-order valence-electron chi connectivity index (χ2n) is 10.3. The van der Waals surface area contributed by atoms with E-state index in [9.17, 15) is 19.5 Å². The van der Waals surface area contributed by atoms with Crippen LogP contribution in [0.5, 0.6) is 0 Å². The molecule has 1 saturated heterocycles. The first kappa shape index (κ1) is 30.1. The Hall–Kier alpha value is -2.16. The van der Waals surface area contributed by atoms with Crippen LogP contribution in [0.3, 0.4) is 0 Å². The number of carbonyl (C=O) groups excluding carboxylic acids is 3. The number of rotatable bonds is 9. The van der Waals surface area contributed by atoms with Crippen LogP contribution in [0.4, 0.5) is 0 Å². The van der Waals surface area contributed by atoms with E-state index in [0.29, 0.717) is 23.1 Å². The third kappa shape index (κ3) is 6.78. The zero-order chi connectivity index (χ0) is 27.6. The van der Waals surface area contributed by atoms with Crippen LogP contribution in [-0.4, -0.2) is 64.0 Å². The number of ether oxygens (including phenoxy) is 4. The molecule has 1 aliphatic heterocycles. The number of halogens is 1. The summed E-state index contributed by atoms with van der Waals surface area (Å²) in [6, 6.07) is 0. The summed E-state index contributed by atoms with van der Waals surface area (Å²) in [6.07, 6.45) is 0.350. The van der Waals surface area contributed by atoms with Gasteiger partial charge in [0.05, 0.1) is 17.1 Å². The van der Waals surface area contributed by atoms with Crippen LogP contribution in [0.1, 0.15) is 68.2 Å². The number of hydrogen-bond donors (Lipinski definition) is 1. The first-order chi connectivity index (χ1) is 16.6. The minimum absolute atomic E-state index is 0.146. The lowest BCUT2D eigenvalue weighted by Gasteiger charge is -2.48. The summed E-state index contributed by atoms with van der Waals surface area (Å²) in [4.78, 5) is 37.4. The maximum Gasteiger partial charge on any atom is 0.333 e. The van der Waals surface area contributed by atoms with Crippen LogP contribution in [-0.2, 0) is 33.3 Å². The van der Waals surface area contributed by atoms with Crippen molar-refractivity contribution in [2.45, 2.75) is 109 Å². The molecule has 0 aromatic rings. The summed E-state index contributed by atoms with van der Waals surface area (Å²) in [5, 5.41) is 10.4. The normalized spacial score (nSPS) is 32.8. The zero-order valence-electron chi connectivity index (χ0n) is 22.4. The van der Waals surface area contributed by atoms with Crippen molar-refractivity contribution in [1.29, 1.82) is 0 Å². The van der Waals surface area contributed by atoms with Crippen LogP contribution >= 0.6 is 11.6 Å². The minimum atomic E-state index is -1.71. The highest BCUT2D eigenvalue weighted by Crippen LogP contribution is 2.46. The molecule has 36 heavy (non-hydrogen) atoms. The highest BCUT2D eigenvalue weighted by Gasteiger charge is 2.57. The molecule has 0 unspecified atom stereocenters. The van der Waals surface area contributed by atoms with Crippen molar-refractivity contribution in [3.8, 4) is 0 Å². The molecule has 202 valence electrons. The van der Waals surface area contributed by atoms with Gasteiger partial charge in [-0.3, -0.25) is 4.79 Å². The summed E-state index contributed by atoms with van der Waals surface area (Å²) in [5.74, 6) is -2.49. The van der Waals surface area contributed by atoms with Crippen molar-refractivity contribution in [2.24, 2.45) is 5.92 Å². The SMILES string of the molecule is C=C([C@H](C[C@@H]1OC1(C)C)OC(=O)/C(C)=C\C)[C@H]1C[C@H](Cl)[C@@](C)(O)[C@@H](OC(=O)/C(C)=C\C)[C@H]1OC(C)=O. The third-order valence-electron chi connectivity index (χ3n) is 7.14. The predicted octanol–water partition coefficient (Wildman–Crippen LogP) is 4.18.